The molecular weight excluding hydrogens is 931 g/mol. The molecule has 5 N–H and O–H groups in total. The van der Waals surface area contributed by atoms with Crippen LogP contribution in [0.15, 0.2) is 23.8 Å². The van der Waals surface area contributed by atoms with Gasteiger partial charge in [0.2, 0.25) is 0 Å². The van der Waals surface area contributed by atoms with Crippen LogP contribution in [0, 0.1) is 5.92 Å². The SMILES string of the molecule is CC1=CC(=O)OC2CC3OC4CC(C)C5OC6CC7OC8(C)CC=CC9OC%10CC%11OC(C(CO)S(=O)CC(N)C(=O)O)CC(O)C%11(C)OC%10CC9OC8CC7(C)OC6(C)CCC5OC4CC3(C)OC12. The molecule has 0 aromatic rings. The molecule has 392 valence electrons. The molecule has 0 radical (unpaired) electrons. The van der Waals surface area contributed by atoms with Crippen molar-refractivity contribution in [1.29, 1.82) is 0 Å². The molecule has 0 bridgehead atoms. The second kappa shape index (κ2) is 18.1. The third kappa shape index (κ3) is 8.62. The largest absolute Gasteiger partial charge is 0.480 e. The molecule has 0 spiro atoms. The number of nitrogens with two attached hydrogens (primary N) is 1. The number of carbonyl (C=O) groups excluding carboxylic acids is 1. The van der Waals surface area contributed by atoms with Gasteiger partial charge >= 0.3 is 11.9 Å². The maximum absolute atomic E-state index is 13.2. The number of carbonyl (C=O) groups is 2. The van der Waals surface area contributed by atoms with Crippen molar-refractivity contribution in [1.82, 2.24) is 0 Å². The van der Waals surface area contributed by atoms with Gasteiger partial charge in [0, 0.05) is 67.6 Å². The van der Waals surface area contributed by atoms with Gasteiger partial charge in [-0.15, -0.1) is 0 Å². The summed E-state index contributed by atoms with van der Waals surface area (Å²) >= 11 is 0. The summed E-state index contributed by atoms with van der Waals surface area (Å²) in [5.74, 6) is -1.82. The summed E-state index contributed by atoms with van der Waals surface area (Å²) in [7, 11) is -1.83. The minimum Gasteiger partial charge on any atom is -0.480 e. The molecule has 11 rings (SSSR count). The van der Waals surface area contributed by atoms with E-state index in [9.17, 15) is 29.1 Å². The molecule has 0 aromatic heterocycles. The molecule has 70 heavy (non-hydrogen) atoms. The van der Waals surface area contributed by atoms with E-state index in [4.69, 9.17) is 57.8 Å². The predicted molar refractivity (Wildman–Crippen MR) is 248 cm³/mol. The fourth-order valence-electron chi connectivity index (χ4n) is 14.4. The molecule has 26 atom stereocenters. The second-order valence-corrected chi connectivity index (χ2v) is 25.5. The van der Waals surface area contributed by atoms with Gasteiger partial charge in [0.15, 0.2) is 0 Å². The van der Waals surface area contributed by atoms with Gasteiger partial charge in [-0.1, -0.05) is 19.1 Å². The standard InChI is InChI=1S/C51H75NO17S/c1-24-13-29-35(20-49(5)38(61-29)18-34-45(68-49)25(2)14-43(55)64-34)60-28-10-12-48(4)39(65-44(24)28)19-40-50(6,69-48)21-42-47(3,67-40)11-8-9-27-30(62-42)15-32-31(59-27)17-41-51(7,66-32)37(54)16-33(63-41)36(22-53)70(58)23-26(52)46(56)57/h8-9,14,24,26-42,44-45,53-54H,10-13,15-23,52H2,1-7H3,(H,56,57). The van der Waals surface area contributed by atoms with Crippen LogP contribution in [0.5, 0.6) is 0 Å². The summed E-state index contributed by atoms with van der Waals surface area (Å²) in [6.07, 6.45) is 5.52. The summed E-state index contributed by atoms with van der Waals surface area (Å²) in [5.41, 5.74) is 2.85. The van der Waals surface area contributed by atoms with Crippen LogP contribution in [0.25, 0.3) is 0 Å². The molecule has 9 fully saturated rings. The van der Waals surface area contributed by atoms with Gasteiger partial charge < -0.3 is 73.2 Å². The lowest BCUT2D eigenvalue weighted by Crippen LogP contribution is -2.70. The molecule has 19 heteroatoms. The number of aliphatic hydroxyl groups is 2. The van der Waals surface area contributed by atoms with Crippen molar-refractivity contribution in [3.8, 4) is 0 Å². The minimum absolute atomic E-state index is 0.0391. The molecule has 0 aromatic carbocycles. The maximum atomic E-state index is 13.2. The van der Waals surface area contributed by atoms with Gasteiger partial charge in [0.25, 0.3) is 0 Å². The first-order valence-corrected chi connectivity index (χ1v) is 27.3. The van der Waals surface area contributed by atoms with Crippen molar-refractivity contribution < 1.29 is 81.2 Å². The van der Waals surface area contributed by atoms with Crippen molar-refractivity contribution >= 4 is 22.7 Å². The van der Waals surface area contributed by atoms with E-state index in [1.807, 2.05) is 13.8 Å². The Balaban J connectivity index is 0.760. The normalized spacial score (nSPS) is 54.1. The molecule has 11 aliphatic rings. The van der Waals surface area contributed by atoms with Crippen LogP contribution in [0.1, 0.15) is 119 Å². The van der Waals surface area contributed by atoms with Gasteiger partial charge in [-0.05, 0) is 78.7 Å². The molecule has 11 aliphatic heterocycles. The number of fused-ring (bicyclic) bond motifs is 10. The first-order chi connectivity index (χ1) is 33.1. The Morgan fingerprint density at radius 3 is 2.29 bits per heavy atom. The van der Waals surface area contributed by atoms with E-state index in [0.717, 1.165) is 24.8 Å². The number of hydrogen-bond donors (Lipinski definition) is 4. The Morgan fingerprint density at radius 2 is 1.51 bits per heavy atom. The summed E-state index contributed by atoms with van der Waals surface area (Å²) in [6.45, 7) is 14.1. The molecular formula is C51H75NO17S. The van der Waals surface area contributed by atoms with E-state index >= 15 is 0 Å². The molecule has 26 unspecified atom stereocenters. The van der Waals surface area contributed by atoms with Gasteiger partial charge in [0.05, 0.1) is 120 Å². The van der Waals surface area contributed by atoms with Crippen molar-refractivity contribution in [3.63, 3.8) is 0 Å². The lowest BCUT2D eigenvalue weighted by molar-refractivity contribution is -0.356. The van der Waals surface area contributed by atoms with E-state index in [-0.39, 0.29) is 97.3 Å². The highest BCUT2D eigenvalue weighted by molar-refractivity contribution is 7.85. The fourth-order valence-corrected chi connectivity index (χ4v) is 15.9. The highest BCUT2D eigenvalue weighted by Crippen LogP contribution is 2.55. The van der Waals surface area contributed by atoms with Crippen molar-refractivity contribution in [2.75, 3.05) is 12.4 Å². The number of carboxylic acid groups (broad SMARTS) is 1. The van der Waals surface area contributed by atoms with Crippen LogP contribution in [0.2, 0.25) is 0 Å². The minimum atomic E-state index is -1.83. The average Bonchev–Trinajstić information content (AvgIpc) is 3.48. The third-order valence-electron chi connectivity index (χ3n) is 18.7. The van der Waals surface area contributed by atoms with Gasteiger partial charge in [-0.25, -0.2) is 4.79 Å². The molecule has 0 aliphatic carbocycles. The molecule has 9 saturated heterocycles. The van der Waals surface area contributed by atoms with E-state index in [1.54, 1.807) is 0 Å². The Labute approximate surface area is 412 Å². The lowest BCUT2D eigenvalue weighted by atomic mass is 9.72. The average molecular weight is 1010 g/mol. The van der Waals surface area contributed by atoms with Crippen LogP contribution in [0.4, 0.5) is 0 Å². The van der Waals surface area contributed by atoms with E-state index in [0.29, 0.717) is 44.9 Å². The zero-order chi connectivity index (χ0) is 49.4. The number of ether oxygens (including phenoxy) is 11. The molecule has 0 amide bonds. The van der Waals surface area contributed by atoms with Crippen LogP contribution in [-0.4, -0.2) is 187 Å². The summed E-state index contributed by atoms with van der Waals surface area (Å²) < 4.78 is 88.8. The summed E-state index contributed by atoms with van der Waals surface area (Å²) in [4.78, 5) is 23.7. The zero-order valence-corrected chi connectivity index (χ0v) is 42.3. The highest BCUT2D eigenvalue weighted by atomic mass is 32.2. The predicted octanol–water partition coefficient (Wildman–Crippen LogP) is 2.85. The van der Waals surface area contributed by atoms with Crippen molar-refractivity contribution in [3.05, 3.63) is 23.8 Å². The second-order valence-electron chi connectivity index (χ2n) is 23.8. The van der Waals surface area contributed by atoms with Crippen LogP contribution >= 0.6 is 0 Å². The molecule has 18 nitrogen and oxygen atoms in total. The quantitative estimate of drug-likeness (QED) is 0.221. The van der Waals surface area contributed by atoms with Crippen LogP contribution in [-0.2, 0) is 72.5 Å². The number of aliphatic hydroxyl groups excluding tert-OH is 2. The van der Waals surface area contributed by atoms with Gasteiger partial charge in [-0.2, -0.15) is 0 Å². The Kier molecular flexibility index (Phi) is 13.0. The first kappa shape index (κ1) is 50.2. The number of hydrogen-bond acceptors (Lipinski definition) is 17. The van der Waals surface area contributed by atoms with Crippen LogP contribution in [0.3, 0.4) is 0 Å². The van der Waals surface area contributed by atoms with Gasteiger partial charge in [-0.3, -0.25) is 9.00 Å². The monoisotopic (exact) mass is 1010 g/mol. The molecule has 11 heterocycles. The Bertz CT molecular complexity index is 2130. The Morgan fingerprint density at radius 1 is 0.771 bits per heavy atom. The maximum Gasteiger partial charge on any atom is 0.331 e. The fraction of sp³-hybridized carbons (Fsp3) is 0.882. The van der Waals surface area contributed by atoms with E-state index in [1.165, 1.54) is 6.08 Å². The van der Waals surface area contributed by atoms with Crippen molar-refractivity contribution in [2.45, 2.75) is 262 Å². The van der Waals surface area contributed by atoms with Gasteiger partial charge in [0.1, 0.15) is 30.0 Å². The zero-order valence-electron chi connectivity index (χ0n) is 41.5. The molecule has 0 saturated carbocycles. The first-order valence-electron chi connectivity index (χ1n) is 26.0. The number of aliphatic carboxylic acids is 1. The third-order valence-corrected chi connectivity index (χ3v) is 20.5. The highest BCUT2D eigenvalue weighted by Gasteiger charge is 2.64. The topological polar surface area (TPSA) is 239 Å². The number of rotatable bonds is 6. The van der Waals surface area contributed by atoms with Crippen LogP contribution < -0.4 is 5.73 Å². The van der Waals surface area contributed by atoms with E-state index in [2.05, 4.69) is 46.8 Å². The summed E-state index contributed by atoms with van der Waals surface area (Å²) in [5, 5.41) is 30.3. The summed E-state index contributed by atoms with van der Waals surface area (Å²) in [6, 6.07) is -1.36. The van der Waals surface area contributed by atoms with Crippen molar-refractivity contribution in [2.24, 2.45) is 11.7 Å². The number of esters is 1. The Hall–Kier alpha value is -1.95. The number of carboxylic acids is 1. The lowest BCUT2D eigenvalue weighted by Gasteiger charge is -2.61. The smallest absolute Gasteiger partial charge is 0.331 e. The van der Waals surface area contributed by atoms with E-state index < -0.39 is 93.2 Å².